The minimum atomic E-state index is -0.687. The highest BCUT2D eigenvalue weighted by atomic mass is 19.1. The Balaban J connectivity index is 2.03. The van der Waals surface area contributed by atoms with Crippen LogP contribution < -0.4 is 10.6 Å². The Morgan fingerprint density at radius 3 is 2.16 bits per heavy atom. The molecule has 2 amide bonds. The fourth-order valence-electron chi connectivity index (χ4n) is 4.66. The van der Waals surface area contributed by atoms with Crippen molar-refractivity contribution in [2.45, 2.75) is 71.4 Å². The standard InChI is InChI=1S/C35H47FN2O5/c1-6-8-15-28(20-26-16-18-29(36)19-17-26)34(42)43-24-31(35(3,4)5)38-33(41)27(12-7-2)22-32(40)37-30(23-39)21-25-13-10-9-11-14-25/h6-7,9-11,13-14,16-19,27-28,30-31,39H,1-2,8,12,15,20-24H2,3-5H3,(H,37,40)(H,38,41)/t27-,28+,30-,31+/m0/s1. The highest BCUT2D eigenvalue weighted by molar-refractivity contribution is 5.86. The second-order valence-corrected chi connectivity index (χ2v) is 12.0. The Hall–Kier alpha value is -3.78. The smallest absolute Gasteiger partial charge is 0.309 e. The van der Waals surface area contributed by atoms with E-state index in [0.29, 0.717) is 25.7 Å². The number of hydrogen-bond donors (Lipinski definition) is 3. The fraction of sp³-hybridized carbons (Fsp3) is 0.457. The number of esters is 1. The van der Waals surface area contributed by atoms with Crippen LogP contribution in [0.2, 0.25) is 0 Å². The number of aliphatic hydroxyl groups is 1. The molecule has 0 spiro atoms. The third-order valence-electron chi connectivity index (χ3n) is 7.37. The van der Waals surface area contributed by atoms with E-state index in [9.17, 15) is 23.9 Å². The number of benzene rings is 2. The third-order valence-corrected chi connectivity index (χ3v) is 7.37. The van der Waals surface area contributed by atoms with Crippen molar-refractivity contribution in [3.63, 3.8) is 0 Å². The zero-order chi connectivity index (χ0) is 31.8. The van der Waals surface area contributed by atoms with Crippen molar-refractivity contribution in [1.82, 2.24) is 10.6 Å². The summed E-state index contributed by atoms with van der Waals surface area (Å²) in [6.07, 6.45) is 5.54. The lowest BCUT2D eigenvalue weighted by Gasteiger charge is -2.32. The molecule has 0 unspecified atom stereocenters. The lowest BCUT2D eigenvalue weighted by Crippen LogP contribution is -2.50. The average molecular weight is 595 g/mol. The number of ether oxygens (including phenoxy) is 1. The molecule has 0 aliphatic carbocycles. The van der Waals surface area contributed by atoms with Crippen molar-refractivity contribution < 1.29 is 28.6 Å². The first kappa shape index (κ1) is 35.4. The van der Waals surface area contributed by atoms with Gasteiger partial charge in [-0.3, -0.25) is 14.4 Å². The summed E-state index contributed by atoms with van der Waals surface area (Å²) in [7, 11) is 0. The summed E-state index contributed by atoms with van der Waals surface area (Å²) in [5, 5.41) is 15.6. The zero-order valence-electron chi connectivity index (χ0n) is 25.7. The first-order valence-corrected chi connectivity index (χ1v) is 14.8. The first-order chi connectivity index (χ1) is 20.5. The van der Waals surface area contributed by atoms with Crippen molar-refractivity contribution in [3.8, 4) is 0 Å². The molecule has 0 bridgehead atoms. The van der Waals surface area contributed by atoms with Crippen molar-refractivity contribution >= 4 is 17.8 Å². The van der Waals surface area contributed by atoms with Gasteiger partial charge in [0.05, 0.1) is 30.5 Å². The number of nitrogens with one attached hydrogen (secondary N) is 2. The van der Waals surface area contributed by atoms with Gasteiger partial charge in [0.1, 0.15) is 12.4 Å². The molecule has 0 saturated carbocycles. The third kappa shape index (κ3) is 13.0. The molecule has 0 aliphatic heterocycles. The van der Waals surface area contributed by atoms with Crippen LogP contribution in [0.5, 0.6) is 0 Å². The van der Waals surface area contributed by atoms with Gasteiger partial charge in [-0.15, -0.1) is 13.2 Å². The predicted molar refractivity (Wildman–Crippen MR) is 167 cm³/mol. The van der Waals surface area contributed by atoms with Gasteiger partial charge >= 0.3 is 5.97 Å². The molecule has 0 aromatic heterocycles. The van der Waals surface area contributed by atoms with Crippen LogP contribution >= 0.6 is 0 Å². The maximum Gasteiger partial charge on any atom is 0.309 e. The largest absolute Gasteiger partial charge is 0.463 e. The monoisotopic (exact) mass is 594 g/mol. The van der Waals surface area contributed by atoms with Gasteiger partial charge in [-0.05, 0) is 60.8 Å². The second kappa shape index (κ2) is 18.0. The topological polar surface area (TPSA) is 105 Å². The predicted octanol–water partition coefficient (Wildman–Crippen LogP) is 5.33. The molecular weight excluding hydrogens is 547 g/mol. The highest BCUT2D eigenvalue weighted by Gasteiger charge is 2.32. The number of amides is 2. The van der Waals surface area contributed by atoms with E-state index < -0.39 is 35.3 Å². The Morgan fingerprint density at radius 2 is 1.58 bits per heavy atom. The molecule has 0 saturated heterocycles. The summed E-state index contributed by atoms with van der Waals surface area (Å²) in [5.41, 5.74) is 1.35. The molecule has 4 atom stereocenters. The average Bonchev–Trinajstić information content (AvgIpc) is 2.97. The van der Waals surface area contributed by atoms with Crippen LogP contribution in [0.25, 0.3) is 0 Å². The van der Waals surface area contributed by atoms with E-state index in [1.165, 1.54) is 12.1 Å². The zero-order valence-corrected chi connectivity index (χ0v) is 25.7. The molecular formula is C35H47FN2O5. The van der Waals surface area contributed by atoms with Gasteiger partial charge in [0.25, 0.3) is 0 Å². The van der Waals surface area contributed by atoms with Gasteiger partial charge in [0, 0.05) is 6.42 Å². The number of halogens is 1. The highest BCUT2D eigenvalue weighted by Crippen LogP contribution is 2.23. The number of allylic oxidation sites excluding steroid dienone is 2. The van der Waals surface area contributed by atoms with Crippen LogP contribution in [0, 0.1) is 23.1 Å². The van der Waals surface area contributed by atoms with Gasteiger partial charge in [-0.2, -0.15) is 0 Å². The molecule has 0 radical (unpaired) electrons. The number of aliphatic hydroxyl groups excluding tert-OH is 1. The number of carbonyl (C=O) groups is 3. The molecule has 3 N–H and O–H groups in total. The lowest BCUT2D eigenvalue weighted by molar-refractivity contribution is -0.151. The molecule has 0 aliphatic rings. The van der Waals surface area contributed by atoms with Crippen LogP contribution in [-0.4, -0.2) is 48.2 Å². The van der Waals surface area contributed by atoms with Crippen molar-refractivity contribution in [1.29, 1.82) is 0 Å². The van der Waals surface area contributed by atoms with Crippen LogP contribution in [0.4, 0.5) is 4.39 Å². The van der Waals surface area contributed by atoms with Crippen molar-refractivity contribution in [2.75, 3.05) is 13.2 Å². The summed E-state index contributed by atoms with van der Waals surface area (Å²) in [4.78, 5) is 39.4. The first-order valence-electron chi connectivity index (χ1n) is 14.8. The number of carbonyl (C=O) groups excluding carboxylic acids is 3. The molecule has 2 aromatic rings. The van der Waals surface area contributed by atoms with Crippen LogP contribution in [0.15, 0.2) is 79.9 Å². The van der Waals surface area contributed by atoms with Crippen molar-refractivity contribution in [3.05, 3.63) is 96.9 Å². The van der Waals surface area contributed by atoms with E-state index in [-0.39, 0.29) is 43.7 Å². The summed E-state index contributed by atoms with van der Waals surface area (Å²) < 4.78 is 19.1. The molecule has 2 rings (SSSR count). The molecule has 234 valence electrons. The number of rotatable bonds is 18. The van der Waals surface area contributed by atoms with Gasteiger partial charge in [0.15, 0.2) is 0 Å². The molecule has 0 fully saturated rings. The molecule has 43 heavy (non-hydrogen) atoms. The Bertz CT molecular complexity index is 1180. The van der Waals surface area contributed by atoms with E-state index in [1.54, 1.807) is 24.3 Å². The van der Waals surface area contributed by atoms with E-state index in [2.05, 4.69) is 23.8 Å². The molecule has 7 nitrogen and oxygen atoms in total. The molecule has 8 heteroatoms. The number of hydrogen-bond acceptors (Lipinski definition) is 5. The fourth-order valence-corrected chi connectivity index (χ4v) is 4.66. The molecule has 2 aromatic carbocycles. The van der Waals surface area contributed by atoms with Crippen molar-refractivity contribution in [2.24, 2.45) is 17.3 Å². The Labute approximate surface area is 255 Å². The summed E-state index contributed by atoms with van der Waals surface area (Å²) in [5.74, 6) is -2.57. The lowest BCUT2D eigenvalue weighted by atomic mass is 9.86. The van der Waals surface area contributed by atoms with E-state index in [4.69, 9.17) is 4.74 Å². The quantitative estimate of drug-likeness (QED) is 0.160. The Kier molecular flexibility index (Phi) is 14.8. The Morgan fingerprint density at radius 1 is 0.930 bits per heavy atom. The van der Waals surface area contributed by atoms with E-state index in [1.807, 2.05) is 51.1 Å². The minimum absolute atomic E-state index is 0.0429. The van der Waals surface area contributed by atoms with Gasteiger partial charge in [0.2, 0.25) is 11.8 Å². The van der Waals surface area contributed by atoms with Crippen LogP contribution in [0.3, 0.4) is 0 Å². The van der Waals surface area contributed by atoms with Gasteiger partial charge in [-0.1, -0.05) is 75.4 Å². The van der Waals surface area contributed by atoms with E-state index >= 15 is 0 Å². The maximum atomic E-state index is 13.4. The second-order valence-electron chi connectivity index (χ2n) is 12.0. The normalized spacial score (nSPS) is 14.1. The SMILES string of the molecule is C=CCC[C@H](Cc1ccc(F)cc1)C(=O)OC[C@@H](NC(=O)[C@@H](CC=C)CC(=O)N[C@H](CO)Cc1ccccc1)C(C)(C)C. The van der Waals surface area contributed by atoms with Gasteiger partial charge < -0.3 is 20.5 Å². The maximum absolute atomic E-state index is 13.4. The summed E-state index contributed by atoms with van der Waals surface area (Å²) in [6, 6.07) is 14.6. The summed E-state index contributed by atoms with van der Waals surface area (Å²) >= 11 is 0. The van der Waals surface area contributed by atoms with Gasteiger partial charge in [-0.25, -0.2) is 4.39 Å². The van der Waals surface area contributed by atoms with Crippen LogP contribution in [0.1, 0.15) is 57.6 Å². The molecule has 0 heterocycles. The van der Waals surface area contributed by atoms with E-state index in [0.717, 1.165) is 11.1 Å². The minimum Gasteiger partial charge on any atom is -0.463 e. The summed E-state index contributed by atoms with van der Waals surface area (Å²) in [6.45, 7) is 13.0. The van der Waals surface area contributed by atoms with Crippen LogP contribution in [-0.2, 0) is 32.0 Å².